The number of nitro benzene ring substituents is 1. The summed E-state index contributed by atoms with van der Waals surface area (Å²) in [5, 5.41) is 14.9. The zero-order valence-corrected chi connectivity index (χ0v) is 23.3. The fourth-order valence-corrected chi connectivity index (χ4v) is 4.74. The number of furan rings is 1. The molecule has 0 aliphatic carbocycles. The molecule has 10 nitrogen and oxygen atoms in total. The second-order valence-electron chi connectivity index (χ2n) is 11.0. The van der Waals surface area contributed by atoms with Gasteiger partial charge in [-0.2, -0.15) is 0 Å². The number of amides is 2. The standard InChI is InChI=1S/C31H32N4O6/c1-31(2,3)41-30(37)34-15-13-33(14-16-34)20-21-11-12-22-19-28(40-27(22)17-21)25-9-4-5-10-26(25)32-29(36)23-7-6-8-24(18-23)35(38)39/h4-12,17-19H,13-16,20H2,1-3H3,(H,32,36). The SMILES string of the molecule is CC(C)(C)OC(=O)N1CCN(Cc2ccc3cc(-c4ccccc4NC(=O)c4cccc([N+](=O)[O-])c4)oc3c2)CC1. The van der Waals surface area contributed by atoms with Crippen molar-refractivity contribution in [2.75, 3.05) is 31.5 Å². The Hall–Kier alpha value is -4.70. The zero-order chi connectivity index (χ0) is 29.1. The normalized spacial score (nSPS) is 14.2. The Bertz CT molecular complexity index is 1600. The van der Waals surface area contributed by atoms with Crippen molar-refractivity contribution < 1.29 is 23.7 Å². The third kappa shape index (κ3) is 6.72. The lowest BCUT2D eigenvalue weighted by Gasteiger charge is -2.35. The third-order valence-electron chi connectivity index (χ3n) is 6.77. The average Bonchev–Trinajstić information content (AvgIpc) is 3.36. The highest BCUT2D eigenvalue weighted by molar-refractivity contribution is 6.06. The van der Waals surface area contributed by atoms with E-state index in [4.69, 9.17) is 9.15 Å². The van der Waals surface area contributed by atoms with Gasteiger partial charge in [0.25, 0.3) is 11.6 Å². The van der Waals surface area contributed by atoms with Gasteiger partial charge in [0.1, 0.15) is 16.9 Å². The molecule has 0 radical (unpaired) electrons. The number of carbonyl (C=O) groups is 2. The number of nitrogens with zero attached hydrogens (tertiary/aromatic N) is 3. The van der Waals surface area contributed by atoms with Gasteiger partial charge in [0.15, 0.2) is 0 Å². The predicted molar refractivity (Wildman–Crippen MR) is 156 cm³/mol. The largest absolute Gasteiger partial charge is 0.456 e. The summed E-state index contributed by atoms with van der Waals surface area (Å²) in [6, 6.07) is 20.9. The third-order valence-corrected chi connectivity index (χ3v) is 6.77. The maximum atomic E-state index is 12.9. The van der Waals surface area contributed by atoms with E-state index in [1.54, 1.807) is 17.0 Å². The number of nitrogens with one attached hydrogen (secondary N) is 1. The maximum absolute atomic E-state index is 12.9. The number of benzene rings is 3. The number of hydrogen-bond acceptors (Lipinski definition) is 7. The Balaban J connectivity index is 1.28. The number of piperazine rings is 1. The van der Waals surface area contributed by atoms with Gasteiger partial charge >= 0.3 is 6.09 Å². The fraction of sp³-hybridized carbons (Fsp3) is 0.290. The van der Waals surface area contributed by atoms with E-state index in [1.807, 2.05) is 51.1 Å². The van der Waals surface area contributed by atoms with E-state index in [2.05, 4.69) is 16.3 Å². The molecule has 3 aromatic carbocycles. The lowest BCUT2D eigenvalue weighted by atomic mass is 10.1. The summed E-state index contributed by atoms with van der Waals surface area (Å²) in [5.41, 5.74) is 2.58. The summed E-state index contributed by atoms with van der Waals surface area (Å²) in [7, 11) is 0. The summed E-state index contributed by atoms with van der Waals surface area (Å²) in [5.74, 6) is 0.143. The second-order valence-corrected chi connectivity index (χ2v) is 11.0. The lowest BCUT2D eigenvalue weighted by molar-refractivity contribution is -0.384. The van der Waals surface area contributed by atoms with Crippen LogP contribution in [0, 0.1) is 10.1 Å². The van der Waals surface area contributed by atoms with E-state index >= 15 is 0 Å². The van der Waals surface area contributed by atoms with E-state index in [9.17, 15) is 19.7 Å². The molecule has 0 bridgehead atoms. The van der Waals surface area contributed by atoms with Crippen molar-refractivity contribution in [1.82, 2.24) is 9.80 Å². The minimum absolute atomic E-state index is 0.149. The van der Waals surface area contributed by atoms with E-state index in [-0.39, 0.29) is 17.3 Å². The van der Waals surface area contributed by atoms with Gasteiger partial charge in [-0.3, -0.25) is 19.8 Å². The Morgan fingerprint density at radius 1 is 0.976 bits per heavy atom. The first-order valence-corrected chi connectivity index (χ1v) is 13.4. The van der Waals surface area contributed by atoms with Crippen LogP contribution in [0.15, 0.2) is 77.2 Å². The van der Waals surface area contributed by atoms with E-state index in [0.29, 0.717) is 30.1 Å². The predicted octanol–water partition coefficient (Wildman–Crippen LogP) is 6.31. The molecule has 212 valence electrons. The van der Waals surface area contributed by atoms with Gasteiger partial charge in [-0.05, 0) is 56.7 Å². The first-order valence-electron chi connectivity index (χ1n) is 13.4. The number of rotatable bonds is 6. The highest BCUT2D eigenvalue weighted by Gasteiger charge is 2.26. The van der Waals surface area contributed by atoms with Crippen LogP contribution >= 0.6 is 0 Å². The lowest BCUT2D eigenvalue weighted by Crippen LogP contribution is -2.49. The van der Waals surface area contributed by atoms with Crippen LogP contribution in [0.5, 0.6) is 0 Å². The first-order chi connectivity index (χ1) is 19.6. The van der Waals surface area contributed by atoms with Crippen molar-refractivity contribution in [2.24, 2.45) is 0 Å². The molecule has 1 saturated heterocycles. The van der Waals surface area contributed by atoms with Crippen molar-refractivity contribution in [2.45, 2.75) is 32.9 Å². The zero-order valence-electron chi connectivity index (χ0n) is 23.3. The van der Waals surface area contributed by atoms with E-state index in [0.717, 1.165) is 36.2 Å². The molecule has 0 atom stereocenters. The summed E-state index contributed by atoms with van der Waals surface area (Å²) in [4.78, 5) is 39.9. The van der Waals surface area contributed by atoms with Crippen molar-refractivity contribution in [3.8, 4) is 11.3 Å². The Labute approximate surface area is 237 Å². The number of fused-ring (bicyclic) bond motifs is 1. The van der Waals surface area contributed by atoms with Gasteiger partial charge in [0, 0.05) is 61.4 Å². The quantitative estimate of drug-likeness (QED) is 0.218. The number of carbonyl (C=O) groups excluding carboxylic acids is 2. The average molecular weight is 557 g/mol. The smallest absolute Gasteiger partial charge is 0.410 e. The van der Waals surface area contributed by atoms with Gasteiger partial charge in [0.2, 0.25) is 0 Å². The maximum Gasteiger partial charge on any atom is 0.410 e. The molecule has 0 saturated carbocycles. The molecule has 0 unspecified atom stereocenters. The minimum atomic E-state index is -0.530. The minimum Gasteiger partial charge on any atom is -0.456 e. The van der Waals surface area contributed by atoms with Crippen molar-refractivity contribution in [3.63, 3.8) is 0 Å². The molecule has 41 heavy (non-hydrogen) atoms. The van der Waals surface area contributed by atoms with Crippen LogP contribution in [-0.4, -0.2) is 58.5 Å². The number of non-ortho nitro benzene ring substituents is 1. The fourth-order valence-electron chi connectivity index (χ4n) is 4.74. The van der Waals surface area contributed by atoms with Crippen LogP contribution < -0.4 is 5.32 Å². The summed E-state index contributed by atoms with van der Waals surface area (Å²) in [6.07, 6.45) is -0.275. The number of nitro groups is 1. The first kappa shape index (κ1) is 27.9. The number of ether oxygens (including phenoxy) is 1. The van der Waals surface area contributed by atoms with Crippen LogP contribution in [0.1, 0.15) is 36.7 Å². The summed E-state index contributed by atoms with van der Waals surface area (Å²) >= 11 is 0. The van der Waals surface area contributed by atoms with Crippen LogP contribution in [0.4, 0.5) is 16.2 Å². The molecule has 2 heterocycles. The molecular formula is C31H32N4O6. The molecule has 5 rings (SSSR count). The molecule has 1 fully saturated rings. The number of hydrogen-bond donors (Lipinski definition) is 1. The van der Waals surface area contributed by atoms with Gasteiger partial charge in [-0.15, -0.1) is 0 Å². The van der Waals surface area contributed by atoms with Crippen LogP contribution in [0.2, 0.25) is 0 Å². The van der Waals surface area contributed by atoms with Crippen LogP contribution in [0.3, 0.4) is 0 Å². The summed E-state index contributed by atoms with van der Waals surface area (Å²) in [6.45, 7) is 9.05. The number of anilines is 1. The molecule has 1 N–H and O–H groups in total. The van der Waals surface area contributed by atoms with Crippen molar-refractivity contribution in [3.05, 3.63) is 94.0 Å². The van der Waals surface area contributed by atoms with Crippen LogP contribution in [0.25, 0.3) is 22.3 Å². The molecule has 1 aliphatic heterocycles. The molecule has 10 heteroatoms. The van der Waals surface area contributed by atoms with Crippen molar-refractivity contribution >= 4 is 34.3 Å². The molecule has 4 aromatic rings. The monoisotopic (exact) mass is 556 g/mol. The Morgan fingerprint density at radius 3 is 2.46 bits per heavy atom. The molecular weight excluding hydrogens is 524 g/mol. The topological polar surface area (TPSA) is 118 Å². The highest BCUT2D eigenvalue weighted by atomic mass is 16.6. The van der Waals surface area contributed by atoms with Gasteiger partial charge in [-0.25, -0.2) is 4.79 Å². The van der Waals surface area contributed by atoms with Gasteiger partial charge in [-0.1, -0.05) is 30.3 Å². The molecule has 1 aromatic heterocycles. The van der Waals surface area contributed by atoms with Crippen molar-refractivity contribution in [1.29, 1.82) is 0 Å². The molecule has 0 spiro atoms. The number of para-hydroxylation sites is 1. The van der Waals surface area contributed by atoms with E-state index < -0.39 is 16.4 Å². The summed E-state index contributed by atoms with van der Waals surface area (Å²) < 4.78 is 11.7. The van der Waals surface area contributed by atoms with E-state index in [1.165, 1.54) is 24.3 Å². The second kappa shape index (κ2) is 11.4. The molecule has 1 aliphatic rings. The van der Waals surface area contributed by atoms with Gasteiger partial charge in [0.05, 0.1) is 10.6 Å². The van der Waals surface area contributed by atoms with Gasteiger partial charge < -0.3 is 19.4 Å². The Morgan fingerprint density at radius 2 is 1.73 bits per heavy atom. The highest BCUT2D eigenvalue weighted by Crippen LogP contribution is 2.33. The Kier molecular flexibility index (Phi) is 7.76. The molecule has 2 amide bonds. The van der Waals surface area contributed by atoms with Crippen LogP contribution in [-0.2, 0) is 11.3 Å².